The van der Waals surface area contributed by atoms with E-state index in [9.17, 15) is 4.79 Å². The van der Waals surface area contributed by atoms with Crippen LogP contribution in [-0.4, -0.2) is 11.6 Å². The van der Waals surface area contributed by atoms with E-state index in [1.807, 2.05) is 78.8 Å². The first-order valence-corrected chi connectivity index (χ1v) is 8.47. The maximum atomic E-state index is 11.9. The van der Waals surface area contributed by atoms with Crippen molar-refractivity contribution in [1.29, 1.82) is 0 Å². The first-order valence-electron chi connectivity index (χ1n) is 8.47. The van der Waals surface area contributed by atoms with E-state index in [0.717, 1.165) is 11.1 Å². The zero-order valence-electron chi connectivity index (χ0n) is 16.5. The number of esters is 1. The third-order valence-corrected chi connectivity index (χ3v) is 3.21. The Labute approximate surface area is 152 Å². The fourth-order valence-corrected chi connectivity index (χ4v) is 1.94. The minimum atomic E-state index is -0.524. The molecule has 1 aromatic rings. The van der Waals surface area contributed by atoms with E-state index in [1.54, 1.807) is 12.1 Å². The summed E-state index contributed by atoms with van der Waals surface area (Å²) in [6.07, 6.45) is 5.83. The van der Waals surface area contributed by atoms with E-state index < -0.39 is 5.41 Å². The van der Waals surface area contributed by atoms with Crippen molar-refractivity contribution in [2.24, 2.45) is 5.41 Å². The number of rotatable bonds is 5. The number of allylic oxidation sites excluding steroid dienone is 4. The molecule has 0 heterocycles. The molecule has 0 aliphatic carbocycles. The van der Waals surface area contributed by atoms with Gasteiger partial charge in [-0.2, -0.15) is 0 Å². The molecule has 0 spiro atoms. The molecule has 3 nitrogen and oxygen atoms in total. The zero-order chi connectivity index (χ0) is 19.3. The van der Waals surface area contributed by atoms with Gasteiger partial charge in [-0.05, 0) is 77.8 Å². The number of ether oxygens (including phenoxy) is 2. The monoisotopic (exact) mass is 342 g/mol. The minimum absolute atomic E-state index is 0.248. The topological polar surface area (TPSA) is 35.5 Å². The van der Waals surface area contributed by atoms with Crippen LogP contribution < -0.4 is 4.74 Å². The smallest absolute Gasteiger partial charge is 0.316 e. The molecule has 0 N–H and O–H groups in total. The summed E-state index contributed by atoms with van der Waals surface area (Å²) in [5.41, 5.74) is 1.27. The highest BCUT2D eigenvalue weighted by molar-refractivity contribution is 5.78. The second kappa shape index (κ2) is 8.19. The molecule has 0 unspecified atom stereocenters. The summed E-state index contributed by atoms with van der Waals surface area (Å²) in [6.45, 7) is 17.3. The molecule has 0 bridgehead atoms. The lowest BCUT2D eigenvalue weighted by atomic mass is 9.97. The predicted octanol–water partition coefficient (Wildman–Crippen LogP) is 5.93. The molecule has 0 aliphatic heterocycles. The lowest BCUT2D eigenvalue weighted by Crippen LogP contribution is -2.25. The molecular weight excluding hydrogens is 312 g/mol. The Morgan fingerprint density at radius 2 is 1.56 bits per heavy atom. The Bertz CT molecular complexity index is 663. The van der Waals surface area contributed by atoms with Crippen molar-refractivity contribution in [3.8, 4) is 5.75 Å². The first kappa shape index (κ1) is 20.8. The van der Waals surface area contributed by atoms with Gasteiger partial charge in [0.05, 0.1) is 5.41 Å². The Morgan fingerprint density at radius 1 is 1.00 bits per heavy atom. The molecule has 136 valence electrons. The van der Waals surface area contributed by atoms with Crippen molar-refractivity contribution in [3.05, 3.63) is 60.4 Å². The van der Waals surface area contributed by atoms with Crippen LogP contribution in [0.15, 0.2) is 54.8 Å². The molecule has 0 aliphatic rings. The van der Waals surface area contributed by atoms with Crippen LogP contribution in [0, 0.1) is 5.41 Å². The molecular formula is C22H30O3. The summed E-state index contributed by atoms with van der Waals surface area (Å²) in [5, 5.41) is 0. The van der Waals surface area contributed by atoms with Crippen molar-refractivity contribution < 1.29 is 14.3 Å². The zero-order valence-corrected chi connectivity index (χ0v) is 16.5. The van der Waals surface area contributed by atoms with E-state index in [4.69, 9.17) is 9.47 Å². The molecule has 0 atom stereocenters. The summed E-state index contributed by atoms with van der Waals surface area (Å²) >= 11 is 0. The van der Waals surface area contributed by atoms with E-state index in [-0.39, 0.29) is 11.6 Å². The molecule has 0 saturated heterocycles. The predicted molar refractivity (Wildman–Crippen MR) is 104 cm³/mol. The molecule has 0 aromatic heterocycles. The van der Waals surface area contributed by atoms with E-state index in [2.05, 4.69) is 6.58 Å². The normalized spacial score (nSPS) is 13.0. The minimum Gasteiger partial charge on any atom is -0.489 e. The van der Waals surface area contributed by atoms with E-state index >= 15 is 0 Å². The van der Waals surface area contributed by atoms with Gasteiger partial charge < -0.3 is 9.47 Å². The van der Waals surface area contributed by atoms with Gasteiger partial charge in [0.15, 0.2) is 0 Å². The van der Waals surface area contributed by atoms with Crippen molar-refractivity contribution in [1.82, 2.24) is 0 Å². The molecule has 3 heteroatoms. The fourth-order valence-electron chi connectivity index (χ4n) is 1.94. The average Bonchev–Trinajstić information content (AvgIpc) is 2.46. The van der Waals surface area contributed by atoms with E-state index in [0.29, 0.717) is 11.5 Å². The van der Waals surface area contributed by atoms with Gasteiger partial charge in [0, 0.05) is 0 Å². The summed E-state index contributed by atoms with van der Waals surface area (Å²) < 4.78 is 11.1. The van der Waals surface area contributed by atoms with Gasteiger partial charge in [0.2, 0.25) is 0 Å². The van der Waals surface area contributed by atoms with Gasteiger partial charge in [0.1, 0.15) is 17.1 Å². The summed E-state index contributed by atoms with van der Waals surface area (Å²) in [4.78, 5) is 11.9. The van der Waals surface area contributed by atoms with Gasteiger partial charge in [-0.15, -0.1) is 0 Å². The van der Waals surface area contributed by atoms with Crippen LogP contribution in [0.1, 0.15) is 54.0 Å². The Morgan fingerprint density at radius 3 is 2.00 bits per heavy atom. The van der Waals surface area contributed by atoms with Crippen molar-refractivity contribution >= 4 is 11.5 Å². The number of carbonyl (C=O) groups excluding carboxylic acids is 1. The molecule has 0 amide bonds. The highest BCUT2D eigenvalue weighted by Crippen LogP contribution is 2.23. The maximum absolute atomic E-state index is 11.9. The molecule has 0 fully saturated rings. The Balaban J connectivity index is 2.82. The van der Waals surface area contributed by atoms with Gasteiger partial charge in [0.25, 0.3) is 0 Å². The van der Waals surface area contributed by atoms with Crippen LogP contribution in [0.2, 0.25) is 0 Å². The molecule has 1 aromatic carbocycles. The molecule has 25 heavy (non-hydrogen) atoms. The lowest BCUT2D eigenvalue weighted by molar-refractivity contribution is -0.142. The van der Waals surface area contributed by atoms with Crippen LogP contribution >= 0.6 is 0 Å². The average molecular weight is 342 g/mol. The van der Waals surface area contributed by atoms with Crippen molar-refractivity contribution in [3.63, 3.8) is 0 Å². The van der Waals surface area contributed by atoms with Crippen LogP contribution in [0.4, 0.5) is 0 Å². The quantitative estimate of drug-likeness (QED) is 0.288. The number of benzene rings is 1. The maximum Gasteiger partial charge on any atom is 0.316 e. The summed E-state index contributed by atoms with van der Waals surface area (Å²) in [5.74, 6) is 0.910. The molecule has 1 rings (SSSR count). The first-order chi connectivity index (χ1) is 11.4. The third kappa shape index (κ3) is 7.42. The second-order valence-corrected chi connectivity index (χ2v) is 7.92. The summed E-state index contributed by atoms with van der Waals surface area (Å²) in [7, 11) is 0. The second-order valence-electron chi connectivity index (χ2n) is 7.92. The van der Waals surface area contributed by atoms with Gasteiger partial charge in [-0.1, -0.05) is 30.9 Å². The highest BCUT2D eigenvalue weighted by atomic mass is 16.5. The molecule has 0 radical (unpaired) electrons. The number of carbonyl (C=O) groups is 1. The third-order valence-electron chi connectivity index (χ3n) is 3.21. The largest absolute Gasteiger partial charge is 0.489 e. The Hall–Kier alpha value is -2.29. The van der Waals surface area contributed by atoms with Crippen LogP contribution in [0.3, 0.4) is 0 Å². The summed E-state index contributed by atoms with van der Waals surface area (Å²) in [6, 6.07) is 7.46. The standard InChI is InChI=1S/C22H30O3/c1-9-17(11-10-16(2)25-22(6,7)8)18-12-14-19(15-13-18)24-20(23)21(3,4)5/h9-15H,2H2,1,3-8H3/b11-10-,17-9+. The van der Waals surface area contributed by atoms with Crippen LogP contribution in [0.25, 0.3) is 5.57 Å². The van der Waals surface area contributed by atoms with Crippen molar-refractivity contribution in [2.75, 3.05) is 0 Å². The van der Waals surface area contributed by atoms with Gasteiger partial charge in [-0.25, -0.2) is 0 Å². The van der Waals surface area contributed by atoms with Gasteiger partial charge in [-0.3, -0.25) is 4.79 Å². The number of hydrogen-bond acceptors (Lipinski definition) is 3. The van der Waals surface area contributed by atoms with Crippen molar-refractivity contribution in [2.45, 2.75) is 54.1 Å². The fraction of sp³-hybridized carbons (Fsp3) is 0.409. The Kier molecular flexibility index (Phi) is 6.80. The highest BCUT2D eigenvalue weighted by Gasteiger charge is 2.23. The lowest BCUT2D eigenvalue weighted by Gasteiger charge is -2.21. The molecule has 0 saturated carbocycles. The van der Waals surface area contributed by atoms with Crippen LogP contribution in [-0.2, 0) is 9.53 Å². The SMILES string of the molecule is C=C(/C=C\C(=C/C)c1ccc(OC(=O)C(C)(C)C)cc1)OC(C)(C)C. The van der Waals surface area contributed by atoms with E-state index in [1.165, 1.54) is 0 Å². The number of hydrogen-bond donors (Lipinski definition) is 0. The van der Waals surface area contributed by atoms with Gasteiger partial charge >= 0.3 is 5.97 Å². The van der Waals surface area contributed by atoms with Crippen LogP contribution in [0.5, 0.6) is 5.75 Å².